The molecule has 39 heavy (non-hydrogen) atoms. The average Bonchev–Trinajstić information content (AvgIpc) is 3.30. The van der Waals surface area contributed by atoms with Gasteiger partial charge >= 0.3 is 0 Å². The highest BCUT2D eigenvalue weighted by molar-refractivity contribution is 7.99. The number of thioether (sulfide) groups is 1. The molecule has 0 saturated heterocycles. The fourth-order valence-corrected chi connectivity index (χ4v) is 4.91. The second-order valence-corrected chi connectivity index (χ2v) is 11.0. The van der Waals surface area contributed by atoms with Gasteiger partial charge in [0.2, 0.25) is 11.8 Å². The highest BCUT2D eigenvalue weighted by Gasteiger charge is 2.34. The van der Waals surface area contributed by atoms with E-state index in [2.05, 4.69) is 15.5 Å². The van der Waals surface area contributed by atoms with Crippen molar-refractivity contribution in [3.63, 3.8) is 0 Å². The third kappa shape index (κ3) is 6.86. The highest BCUT2D eigenvalue weighted by atomic mass is 32.2. The van der Waals surface area contributed by atoms with Crippen molar-refractivity contribution in [2.75, 3.05) is 17.8 Å². The van der Waals surface area contributed by atoms with Gasteiger partial charge in [0.05, 0.1) is 12.9 Å². The average molecular weight is 544 g/mol. The van der Waals surface area contributed by atoms with Crippen molar-refractivity contribution in [1.82, 2.24) is 20.1 Å². The maximum Gasteiger partial charge on any atom is 0.248 e. The first-order valence-corrected chi connectivity index (χ1v) is 13.6. The Morgan fingerprint density at radius 3 is 2.15 bits per heavy atom. The number of anilines is 1. The monoisotopic (exact) mass is 543 g/mol. The molecule has 0 spiro atoms. The number of hydrogen-bond donors (Lipinski definition) is 1. The van der Waals surface area contributed by atoms with E-state index in [-0.39, 0.29) is 17.6 Å². The van der Waals surface area contributed by atoms with Crippen LogP contribution in [0.15, 0.2) is 90.1 Å². The van der Waals surface area contributed by atoms with Crippen LogP contribution in [0.3, 0.4) is 0 Å². The normalized spacial score (nSPS) is 12.0. The van der Waals surface area contributed by atoms with E-state index in [9.17, 15) is 9.59 Å². The third-order valence-electron chi connectivity index (χ3n) is 5.93. The van der Waals surface area contributed by atoms with Crippen molar-refractivity contribution in [3.8, 4) is 17.1 Å². The topological polar surface area (TPSA) is 89.3 Å². The quantitative estimate of drug-likeness (QED) is 0.289. The minimum atomic E-state index is -0.898. The molecule has 2 amide bonds. The number of nitrogens with zero attached hydrogens (tertiary/aromatic N) is 4. The van der Waals surface area contributed by atoms with E-state index < -0.39 is 11.6 Å². The van der Waals surface area contributed by atoms with Crippen LogP contribution in [0.2, 0.25) is 0 Å². The molecule has 9 heteroatoms. The number of carbonyl (C=O) groups is 2. The number of methoxy groups -OCH3 is 1. The minimum Gasteiger partial charge on any atom is -0.497 e. The van der Waals surface area contributed by atoms with Crippen molar-refractivity contribution in [2.45, 2.75) is 37.5 Å². The van der Waals surface area contributed by atoms with Gasteiger partial charge in [-0.15, -0.1) is 10.2 Å². The predicted octanol–water partition coefficient (Wildman–Crippen LogP) is 5.27. The molecule has 1 aromatic heterocycles. The summed E-state index contributed by atoms with van der Waals surface area (Å²) in [6, 6.07) is 25.3. The van der Waals surface area contributed by atoms with E-state index in [1.165, 1.54) is 11.8 Å². The second kappa shape index (κ2) is 12.2. The number of rotatable bonds is 9. The molecule has 4 rings (SSSR count). The van der Waals surface area contributed by atoms with E-state index in [4.69, 9.17) is 4.74 Å². The summed E-state index contributed by atoms with van der Waals surface area (Å²) in [7, 11) is 3.46. The highest BCUT2D eigenvalue weighted by Crippen LogP contribution is 2.31. The molecule has 0 unspecified atom stereocenters. The lowest BCUT2D eigenvalue weighted by Gasteiger charge is -2.33. The lowest BCUT2D eigenvalue weighted by atomic mass is 10.0. The standard InChI is InChI=1S/C30H33N5O3S/c1-30(2,3)31-28(37)26(21-16-18-24(38-5)19-17-21)35(23-14-10-7-11-15-23)25(36)20-39-29-33-32-27(34(29)4)22-12-8-6-9-13-22/h6-19,26H,20H2,1-5H3,(H,31,37)/t26-/m1/s1. The predicted molar refractivity (Wildman–Crippen MR) is 155 cm³/mol. The first-order chi connectivity index (χ1) is 18.7. The molecular formula is C30H33N5O3S. The second-order valence-electron chi connectivity index (χ2n) is 10.0. The van der Waals surface area contributed by atoms with Gasteiger partial charge in [0, 0.05) is 23.8 Å². The van der Waals surface area contributed by atoms with E-state index >= 15 is 0 Å². The fraction of sp³-hybridized carbons (Fsp3) is 0.267. The van der Waals surface area contributed by atoms with E-state index in [0.717, 1.165) is 5.56 Å². The van der Waals surface area contributed by atoms with Gasteiger partial charge in [0.25, 0.3) is 0 Å². The zero-order chi connectivity index (χ0) is 28.0. The van der Waals surface area contributed by atoms with Gasteiger partial charge in [-0.25, -0.2) is 0 Å². The molecule has 0 aliphatic heterocycles. The largest absolute Gasteiger partial charge is 0.497 e. The molecule has 1 atom stereocenters. The van der Waals surface area contributed by atoms with Crippen LogP contribution >= 0.6 is 11.8 Å². The Morgan fingerprint density at radius 1 is 0.949 bits per heavy atom. The van der Waals surface area contributed by atoms with Crippen LogP contribution in [-0.4, -0.2) is 45.0 Å². The van der Waals surface area contributed by atoms with Crippen LogP contribution in [0.25, 0.3) is 11.4 Å². The van der Waals surface area contributed by atoms with Crippen LogP contribution in [-0.2, 0) is 16.6 Å². The summed E-state index contributed by atoms with van der Waals surface area (Å²) in [6.07, 6.45) is 0. The van der Waals surface area contributed by atoms with E-state index in [1.54, 1.807) is 24.1 Å². The summed E-state index contributed by atoms with van der Waals surface area (Å²) in [5.41, 5.74) is 1.74. The third-order valence-corrected chi connectivity index (χ3v) is 6.94. The van der Waals surface area contributed by atoms with Gasteiger partial charge in [0.15, 0.2) is 11.0 Å². The summed E-state index contributed by atoms with van der Waals surface area (Å²) < 4.78 is 7.18. The number of benzene rings is 3. The molecule has 202 valence electrons. The Bertz CT molecular complexity index is 1400. The Labute approximate surface area is 233 Å². The van der Waals surface area contributed by atoms with Crippen molar-refractivity contribution >= 4 is 29.3 Å². The zero-order valence-electron chi connectivity index (χ0n) is 22.8. The van der Waals surface area contributed by atoms with Crippen molar-refractivity contribution in [1.29, 1.82) is 0 Å². The van der Waals surface area contributed by atoms with Crippen LogP contribution in [0.4, 0.5) is 5.69 Å². The number of para-hydroxylation sites is 1. The van der Waals surface area contributed by atoms with Crippen LogP contribution < -0.4 is 15.0 Å². The van der Waals surface area contributed by atoms with Crippen LogP contribution in [0, 0.1) is 0 Å². The Kier molecular flexibility index (Phi) is 8.71. The molecule has 1 N–H and O–H groups in total. The molecule has 0 aliphatic rings. The number of carbonyl (C=O) groups excluding carboxylic acids is 2. The first kappa shape index (κ1) is 27.9. The van der Waals surface area contributed by atoms with E-state index in [1.807, 2.05) is 105 Å². The molecule has 0 aliphatic carbocycles. The molecule has 0 fully saturated rings. The smallest absolute Gasteiger partial charge is 0.248 e. The zero-order valence-corrected chi connectivity index (χ0v) is 23.6. The van der Waals surface area contributed by atoms with Crippen molar-refractivity contribution < 1.29 is 14.3 Å². The summed E-state index contributed by atoms with van der Waals surface area (Å²) in [5, 5.41) is 12.3. The number of ether oxygens (including phenoxy) is 1. The molecule has 8 nitrogen and oxygen atoms in total. The number of hydrogen-bond acceptors (Lipinski definition) is 6. The molecular weight excluding hydrogens is 510 g/mol. The molecule has 0 saturated carbocycles. The summed E-state index contributed by atoms with van der Waals surface area (Å²) in [6.45, 7) is 5.75. The fourth-order valence-electron chi connectivity index (χ4n) is 4.14. The van der Waals surface area contributed by atoms with Crippen molar-refractivity contribution in [3.05, 3.63) is 90.5 Å². The molecule has 3 aromatic carbocycles. The molecule has 4 aromatic rings. The molecule has 1 heterocycles. The van der Waals surface area contributed by atoms with Gasteiger partial charge < -0.3 is 14.6 Å². The lowest BCUT2D eigenvalue weighted by molar-refractivity contribution is -0.127. The van der Waals surface area contributed by atoms with Crippen LogP contribution in [0.1, 0.15) is 32.4 Å². The number of aromatic nitrogens is 3. The van der Waals surface area contributed by atoms with Gasteiger partial charge in [0.1, 0.15) is 11.8 Å². The lowest BCUT2D eigenvalue weighted by Crippen LogP contribution is -2.50. The molecule has 0 radical (unpaired) electrons. The van der Waals surface area contributed by atoms with Gasteiger partial charge in [-0.05, 0) is 50.6 Å². The van der Waals surface area contributed by atoms with Crippen LogP contribution in [0.5, 0.6) is 5.75 Å². The Morgan fingerprint density at radius 2 is 1.56 bits per heavy atom. The van der Waals surface area contributed by atoms with Gasteiger partial charge in [-0.3, -0.25) is 14.5 Å². The number of nitrogens with one attached hydrogen (secondary N) is 1. The summed E-state index contributed by atoms with van der Waals surface area (Å²) in [5.74, 6) is 0.926. The Hall–Kier alpha value is -4.11. The van der Waals surface area contributed by atoms with Gasteiger partial charge in [-0.2, -0.15) is 0 Å². The van der Waals surface area contributed by atoms with E-state index in [0.29, 0.717) is 28.0 Å². The summed E-state index contributed by atoms with van der Waals surface area (Å²) >= 11 is 1.28. The van der Waals surface area contributed by atoms with Gasteiger partial charge in [-0.1, -0.05) is 72.4 Å². The minimum absolute atomic E-state index is 0.0606. The summed E-state index contributed by atoms with van der Waals surface area (Å²) in [4.78, 5) is 29.3. The maximum absolute atomic E-state index is 14.0. The Balaban J connectivity index is 1.67. The SMILES string of the molecule is COc1ccc([C@H](C(=O)NC(C)(C)C)N(C(=O)CSc2nnc(-c3ccccc3)n2C)c2ccccc2)cc1. The van der Waals surface area contributed by atoms with Crippen molar-refractivity contribution in [2.24, 2.45) is 7.05 Å². The number of amides is 2. The molecule has 0 bridgehead atoms. The first-order valence-electron chi connectivity index (χ1n) is 12.6. The maximum atomic E-state index is 14.0.